The van der Waals surface area contributed by atoms with Crippen LogP contribution >= 0.6 is 43.5 Å². The van der Waals surface area contributed by atoms with Gasteiger partial charge in [0, 0.05) is 21.1 Å². The standard InChI is InChI=1S/C14H10Br2ClNO/c15-11-4-2-1-3-10(11)8-18-14(19)9-5-6-12(16)13(17)7-9/h1-7H,8H2,(H,18,19). The van der Waals surface area contributed by atoms with Crippen molar-refractivity contribution in [3.63, 3.8) is 0 Å². The van der Waals surface area contributed by atoms with Gasteiger partial charge in [-0.3, -0.25) is 4.79 Å². The van der Waals surface area contributed by atoms with E-state index in [9.17, 15) is 4.79 Å². The molecule has 0 radical (unpaired) electrons. The van der Waals surface area contributed by atoms with Gasteiger partial charge in [-0.15, -0.1) is 0 Å². The molecule has 0 aromatic heterocycles. The summed E-state index contributed by atoms with van der Waals surface area (Å²) in [6.45, 7) is 0.466. The molecule has 0 fully saturated rings. The Morgan fingerprint density at radius 2 is 1.84 bits per heavy atom. The Hall–Kier alpha value is -0.840. The van der Waals surface area contributed by atoms with Crippen LogP contribution in [-0.4, -0.2) is 5.91 Å². The van der Waals surface area contributed by atoms with E-state index in [4.69, 9.17) is 11.6 Å². The number of hydrogen-bond donors (Lipinski definition) is 1. The van der Waals surface area contributed by atoms with E-state index < -0.39 is 0 Å². The molecule has 1 amide bonds. The van der Waals surface area contributed by atoms with Crippen molar-refractivity contribution in [3.05, 3.63) is 67.6 Å². The first-order chi connectivity index (χ1) is 9.08. The Morgan fingerprint density at radius 1 is 1.11 bits per heavy atom. The summed E-state index contributed by atoms with van der Waals surface area (Å²) in [5, 5.41) is 3.38. The lowest BCUT2D eigenvalue weighted by atomic mass is 10.2. The van der Waals surface area contributed by atoms with Crippen LogP contribution in [0.1, 0.15) is 15.9 Å². The van der Waals surface area contributed by atoms with Crippen LogP contribution in [0.15, 0.2) is 51.4 Å². The summed E-state index contributed by atoms with van der Waals surface area (Å²) < 4.78 is 1.75. The summed E-state index contributed by atoms with van der Waals surface area (Å²) in [4.78, 5) is 12.0. The quantitative estimate of drug-likeness (QED) is 0.784. The van der Waals surface area contributed by atoms with Crippen LogP contribution in [0, 0.1) is 0 Å². The Kier molecular flexibility index (Phi) is 5.02. The molecule has 0 heterocycles. The largest absolute Gasteiger partial charge is 0.348 e. The first kappa shape index (κ1) is 14.6. The minimum absolute atomic E-state index is 0.148. The van der Waals surface area contributed by atoms with Gasteiger partial charge in [0.15, 0.2) is 0 Å². The topological polar surface area (TPSA) is 29.1 Å². The van der Waals surface area contributed by atoms with Gasteiger partial charge in [0.05, 0.1) is 5.02 Å². The fourth-order valence-corrected chi connectivity index (χ4v) is 2.41. The zero-order valence-electron chi connectivity index (χ0n) is 9.79. The molecule has 0 spiro atoms. The molecule has 0 saturated carbocycles. The van der Waals surface area contributed by atoms with Gasteiger partial charge in [-0.05, 0) is 45.8 Å². The van der Waals surface area contributed by atoms with Gasteiger partial charge in [0.1, 0.15) is 0 Å². The van der Waals surface area contributed by atoms with E-state index in [1.807, 2.05) is 24.3 Å². The average Bonchev–Trinajstić information content (AvgIpc) is 2.40. The lowest BCUT2D eigenvalue weighted by Crippen LogP contribution is -2.22. The number of hydrogen-bond acceptors (Lipinski definition) is 1. The van der Waals surface area contributed by atoms with Gasteiger partial charge >= 0.3 is 0 Å². The molecule has 2 rings (SSSR count). The SMILES string of the molecule is O=C(NCc1ccccc1Br)c1ccc(Br)c(Cl)c1. The molecule has 0 atom stereocenters. The van der Waals surface area contributed by atoms with E-state index in [2.05, 4.69) is 37.2 Å². The third-order valence-electron chi connectivity index (χ3n) is 2.58. The van der Waals surface area contributed by atoms with E-state index in [-0.39, 0.29) is 5.91 Å². The highest BCUT2D eigenvalue weighted by Gasteiger charge is 2.08. The second-order valence-electron chi connectivity index (χ2n) is 3.90. The molecular weight excluding hydrogens is 393 g/mol. The molecule has 5 heteroatoms. The maximum absolute atomic E-state index is 12.0. The number of carbonyl (C=O) groups is 1. The first-order valence-corrected chi connectivity index (χ1v) is 7.51. The van der Waals surface area contributed by atoms with Gasteiger partial charge in [-0.2, -0.15) is 0 Å². The van der Waals surface area contributed by atoms with Crippen molar-refractivity contribution in [1.29, 1.82) is 0 Å². The third-order valence-corrected chi connectivity index (χ3v) is 4.59. The van der Waals surface area contributed by atoms with Crippen molar-refractivity contribution in [2.24, 2.45) is 0 Å². The van der Waals surface area contributed by atoms with Crippen LogP contribution in [0.4, 0.5) is 0 Å². The Bertz CT molecular complexity index is 616. The maximum atomic E-state index is 12.0. The molecule has 2 aromatic rings. The summed E-state index contributed by atoms with van der Waals surface area (Å²) >= 11 is 12.7. The van der Waals surface area contributed by atoms with Crippen LogP contribution in [0.2, 0.25) is 5.02 Å². The molecule has 0 bridgehead atoms. The Morgan fingerprint density at radius 3 is 2.53 bits per heavy atom. The first-order valence-electron chi connectivity index (χ1n) is 5.54. The molecule has 0 aliphatic rings. The number of carbonyl (C=O) groups excluding carboxylic acids is 1. The van der Waals surface area contributed by atoms with Gasteiger partial charge in [0.2, 0.25) is 0 Å². The molecule has 0 aliphatic carbocycles. The summed E-state index contributed by atoms with van der Waals surface area (Å²) in [5.74, 6) is -0.148. The number of halogens is 3. The highest BCUT2D eigenvalue weighted by Crippen LogP contribution is 2.23. The number of amides is 1. The van der Waals surface area contributed by atoms with Crippen LogP contribution in [0.25, 0.3) is 0 Å². The fourth-order valence-electron chi connectivity index (χ4n) is 1.56. The zero-order chi connectivity index (χ0) is 13.8. The Balaban J connectivity index is 2.05. The fraction of sp³-hybridized carbons (Fsp3) is 0.0714. The van der Waals surface area contributed by atoms with Crippen LogP contribution in [0.5, 0.6) is 0 Å². The number of nitrogens with one attached hydrogen (secondary N) is 1. The van der Waals surface area contributed by atoms with Crippen LogP contribution in [-0.2, 0) is 6.54 Å². The van der Waals surface area contributed by atoms with E-state index >= 15 is 0 Å². The van der Waals surface area contributed by atoms with Crippen molar-refractivity contribution in [2.45, 2.75) is 6.54 Å². The van der Waals surface area contributed by atoms with E-state index in [0.717, 1.165) is 14.5 Å². The normalized spacial score (nSPS) is 10.3. The van der Waals surface area contributed by atoms with Gasteiger partial charge in [0.25, 0.3) is 5.91 Å². The molecule has 1 N–H and O–H groups in total. The highest BCUT2D eigenvalue weighted by molar-refractivity contribution is 9.10. The zero-order valence-corrected chi connectivity index (χ0v) is 13.7. The van der Waals surface area contributed by atoms with Gasteiger partial charge in [-0.25, -0.2) is 0 Å². The molecule has 19 heavy (non-hydrogen) atoms. The minimum Gasteiger partial charge on any atom is -0.348 e. The van der Waals surface area contributed by atoms with Crippen molar-refractivity contribution in [2.75, 3.05) is 0 Å². The lowest BCUT2D eigenvalue weighted by molar-refractivity contribution is 0.0951. The second kappa shape index (κ2) is 6.55. The van der Waals surface area contributed by atoms with E-state index in [1.54, 1.807) is 18.2 Å². The Labute approximate surface area is 133 Å². The molecule has 0 aliphatic heterocycles. The summed E-state index contributed by atoms with van der Waals surface area (Å²) in [7, 11) is 0. The molecular formula is C14H10Br2ClNO. The number of benzene rings is 2. The summed E-state index contributed by atoms with van der Waals surface area (Å²) in [6, 6.07) is 12.9. The molecule has 2 nitrogen and oxygen atoms in total. The summed E-state index contributed by atoms with van der Waals surface area (Å²) in [5.41, 5.74) is 1.57. The van der Waals surface area contributed by atoms with E-state index in [1.165, 1.54) is 0 Å². The van der Waals surface area contributed by atoms with Gasteiger partial charge < -0.3 is 5.32 Å². The molecule has 0 saturated heterocycles. The summed E-state index contributed by atoms with van der Waals surface area (Å²) in [6.07, 6.45) is 0. The van der Waals surface area contributed by atoms with E-state index in [0.29, 0.717) is 17.1 Å². The van der Waals surface area contributed by atoms with Crippen LogP contribution < -0.4 is 5.32 Å². The van der Waals surface area contributed by atoms with Crippen molar-refractivity contribution >= 4 is 49.4 Å². The van der Waals surface area contributed by atoms with Crippen molar-refractivity contribution < 1.29 is 4.79 Å². The predicted octanol–water partition coefficient (Wildman–Crippen LogP) is 4.80. The lowest BCUT2D eigenvalue weighted by Gasteiger charge is -2.07. The number of rotatable bonds is 3. The second-order valence-corrected chi connectivity index (χ2v) is 6.02. The minimum atomic E-state index is -0.148. The van der Waals surface area contributed by atoms with Gasteiger partial charge in [-0.1, -0.05) is 45.7 Å². The maximum Gasteiger partial charge on any atom is 0.251 e. The van der Waals surface area contributed by atoms with Crippen LogP contribution in [0.3, 0.4) is 0 Å². The molecule has 0 unspecified atom stereocenters. The third kappa shape index (κ3) is 3.81. The average molecular weight is 404 g/mol. The molecule has 98 valence electrons. The molecule has 2 aromatic carbocycles. The monoisotopic (exact) mass is 401 g/mol. The van der Waals surface area contributed by atoms with Crippen molar-refractivity contribution in [3.8, 4) is 0 Å². The smallest absolute Gasteiger partial charge is 0.251 e. The van der Waals surface area contributed by atoms with Crippen molar-refractivity contribution in [1.82, 2.24) is 5.32 Å². The highest BCUT2D eigenvalue weighted by atomic mass is 79.9. The predicted molar refractivity (Wildman–Crippen MR) is 84.5 cm³/mol.